The van der Waals surface area contributed by atoms with Crippen molar-refractivity contribution in [2.75, 3.05) is 12.4 Å². The lowest BCUT2D eigenvalue weighted by Gasteiger charge is -2.18. The van der Waals surface area contributed by atoms with Crippen molar-refractivity contribution in [1.82, 2.24) is 10.5 Å². The zero-order valence-electron chi connectivity index (χ0n) is 14.7. The van der Waals surface area contributed by atoms with Crippen molar-refractivity contribution < 1.29 is 23.6 Å². The van der Waals surface area contributed by atoms with Crippen LogP contribution in [0, 0.1) is 12.8 Å². The van der Waals surface area contributed by atoms with Gasteiger partial charge in [-0.25, -0.2) is 4.79 Å². The average molecular weight is 377 g/mol. The standard InChI is InChI=1S/C17H19N3O5S/c1-8-4-5-10-12(6-8)26-16(13(10)15(22)19-17(23)24-3)18-14(21)11-7-9(2)25-20-11/h7-8H,4-6H2,1-3H3,(H,18,21)(H,19,22,23). The minimum Gasteiger partial charge on any atom is -0.453 e. The SMILES string of the molecule is COC(=O)NC(=O)c1c(NC(=O)c2cc(C)on2)sc2c1CCC(C)C2. The smallest absolute Gasteiger partial charge is 0.413 e. The first-order chi connectivity index (χ1) is 12.4. The number of aromatic nitrogens is 1. The van der Waals surface area contributed by atoms with Crippen molar-refractivity contribution in [3.63, 3.8) is 0 Å². The molecule has 3 rings (SSSR count). The third-order valence-electron chi connectivity index (χ3n) is 4.23. The Bertz CT molecular complexity index is 870. The fraction of sp³-hybridized carbons (Fsp3) is 0.412. The van der Waals surface area contributed by atoms with Gasteiger partial charge in [-0.1, -0.05) is 12.1 Å². The van der Waals surface area contributed by atoms with Gasteiger partial charge in [-0.15, -0.1) is 11.3 Å². The Balaban J connectivity index is 1.94. The molecule has 0 spiro atoms. The van der Waals surface area contributed by atoms with Gasteiger partial charge in [0, 0.05) is 10.9 Å². The van der Waals surface area contributed by atoms with Crippen molar-refractivity contribution >= 4 is 34.2 Å². The first-order valence-electron chi connectivity index (χ1n) is 8.17. The molecule has 3 amide bonds. The number of imide groups is 1. The molecule has 26 heavy (non-hydrogen) atoms. The highest BCUT2D eigenvalue weighted by Gasteiger charge is 2.29. The molecule has 0 radical (unpaired) electrons. The van der Waals surface area contributed by atoms with Crippen LogP contribution >= 0.6 is 11.3 Å². The number of anilines is 1. The van der Waals surface area contributed by atoms with E-state index in [-0.39, 0.29) is 5.69 Å². The number of methoxy groups -OCH3 is 1. The molecule has 0 saturated heterocycles. The highest BCUT2D eigenvalue weighted by Crippen LogP contribution is 2.39. The van der Waals surface area contributed by atoms with Crippen molar-refractivity contribution in [2.24, 2.45) is 5.92 Å². The number of hydrogen-bond donors (Lipinski definition) is 2. The Morgan fingerprint density at radius 1 is 1.35 bits per heavy atom. The van der Waals surface area contributed by atoms with Gasteiger partial charge >= 0.3 is 6.09 Å². The fourth-order valence-electron chi connectivity index (χ4n) is 2.93. The zero-order valence-corrected chi connectivity index (χ0v) is 15.5. The van der Waals surface area contributed by atoms with Gasteiger partial charge in [0.2, 0.25) is 0 Å². The maximum absolute atomic E-state index is 12.6. The topological polar surface area (TPSA) is 111 Å². The van der Waals surface area contributed by atoms with E-state index in [4.69, 9.17) is 4.52 Å². The number of thiophene rings is 1. The summed E-state index contributed by atoms with van der Waals surface area (Å²) in [6.07, 6.45) is 1.65. The summed E-state index contributed by atoms with van der Waals surface area (Å²) in [5.74, 6) is -0.0475. The Kier molecular flexibility index (Phi) is 5.08. The first-order valence-corrected chi connectivity index (χ1v) is 8.99. The molecule has 1 aliphatic rings. The molecule has 8 nitrogen and oxygen atoms in total. The van der Waals surface area contributed by atoms with Gasteiger partial charge in [-0.2, -0.15) is 0 Å². The van der Waals surface area contributed by atoms with Crippen LogP contribution in [0.3, 0.4) is 0 Å². The van der Waals surface area contributed by atoms with Crippen LogP contribution in [0.1, 0.15) is 50.4 Å². The Hall–Kier alpha value is -2.68. The number of carbonyl (C=O) groups is 3. The highest BCUT2D eigenvalue weighted by molar-refractivity contribution is 7.17. The molecule has 2 N–H and O–H groups in total. The Morgan fingerprint density at radius 2 is 2.12 bits per heavy atom. The minimum absolute atomic E-state index is 0.126. The van der Waals surface area contributed by atoms with Crippen molar-refractivity contribution in [3.05, 3.63) is 33.5 Å². The third-order valence-corrected chi connectivity index (χ3v) is 5.40. The van der Waals surface area contributed by atoms with E-state index in [0.29, 0.717) is 22.2 Å². The van der Waals surface area contributed by atoms with Gasteiger partial charge < -0.3 is 14.6 Å². The monoisotopic (exact) mass is 377 g/mol. The van der Waals surface area contributed by atoms with Crippen LogP contribution in [0.4, 0.5) is 9.80 Å². The van der Waals surface area contributed by atoms with Crippen LogP contribution < -0.4 is 10.6 Å². The van der Waals surface area contributed by atoms with E-state index in [9.17, 15) is 14.4 Å². The molecule has 1 unspecified atom stereocenters. The van der Waals surface area contributed by atoms with E-state index in [1.54, 1.807) is 6.92 Å². The molecule has 2 aromatic rings. The average Bonchev–Trinajstić information content (AvgIpc) is 3.17. The van der Waals surface area contributed by atoms with E-state index >= 15 is 0 Å². The number of carbonyl (C=O) groups excluding carboxylic acids is 3. The number of ether oxygens (including phenoxy) is 1. The number of nitrogens with one attached hydrogen (secondary N) is 2. The number of alkyl carbamates (subject to hydrolysis) is 1. The Morgan fingerprint density at radius 3 is 2.77 bits per heavy atom. The van der Waals surface area contributed by atoms with E-state index in [1.165, 1.54) is 24.5 Å². The van der Waals surface area contributed by atoms with Crippen molar-refractivity contribution in [3.8, 4) is 0 Å². The number of amides is 3. The summed E-state index contributed by atoms with van der Waals surface area (Å²) in [5, 5.41) is 8.98. The second-order valence-electron chi connectivity index (χ2n) is 6.28. The van der Waals surface area contributed by atoms with Crippen molar-refractivity contribution in [1.29, 1.82) is 0 Å². The quantitative estimate of drug-likeness (QED) is 0.851. The van der Waals surface area contributed by atoms with Gasteiger partial charge in [-0.05, 0) is 37.7 Å². The molecule has 9 heteroatoms. The lowest BCUT2D eigenvalue weighted by Crippen LogP contribution is -2.31. The molecule has 0 saturated carbocycles. The predicted octanol–water partition coefficient (Wildman–Crippen LogP) is 2.92. The van der Waals surface area contributed by atoms with Crippen LogP contribution in [0.15, 0.2) is 10.6 Å². The molecule has 1 aliphatic carbocycles. The summed E-state index contributed by atoms with van der Waals surface area (Å²) in [5.41, 5.74) is 1.32. The third kappa shape index (κ3) is 3.62. The number of hydrogen-bond acceptors (Lipinski definition) is 7. The molecule has 138 valence electrons. The molecular weight excluding hydrogens is 358 g/mol. The fourth-order valence-corrected chi connectivity index (χ4v) is 4.33. The summed E-state index contributed by atoms with van der Waals surface area (Å²) in [7, 11) is 1.18. The van der Waals surface area contributed by atoms with Crippen LogP contribution in [0.5, 0.6) is 0 Å². The normalized spacial score (nSPS) is 15.9. The number of nitrogens with zero attached hydrogens (tertiary/aromatic N) is 1. The maximum Gasteiger partial charge on any atom is 0.413 e. The number of aryl methyl sites for hydroxylation is 1. The van der Waals surface area contributed by atoms with Crippen LogP contribution in [0.25, 0.3) is 0 Å². The minimum atomic E-state index is -0.844. The van der Waals surface area contributed by atoms with Gasteiger partial charge in [0.15, 0.2) is 5.69 Å². The number of fused-ring (bicyclic) bond motifs is 1. The summed E-state index contributed by atoms with van der Waals surface area (Å²) in [6, 6.07) is 1.51. The molecule has 0 bridgehead atoms. The summed E-state index contributed by atoms with van der Waals surface area (Å²) in [4.78, 5) is 37.5. The first kappa shape index (κ1) is 18.1. The van der Waals surface area contributed by atoms with Crippen LogP contribution in [-0.4, -0.2) is 30.2 Å². The molecular formula is C17H19N3O5S. The van der Waals surface area contributed by atoms with Crippen LogP contribution in [-0.2, 0) is 17.6 Å². The highest BCUT2D eigenvalue weighted by atomic mass is 32.1. The van der Waals surface area contributed by atoms with Gasteiger partial charge in [0.1, 0.15) is 10.8 Å². The predicted molar refractivity (Wildman–Crippen MR) is 94.6 cm³/mol. The summed E-state index contributed by atoms with van der Waals surface area (Å²) in [6.45, 7) is 3.83. The largest absolute Gasteiger partial charge is 0.453 e. The maximum atomic E-state index is 12.6. The van der Waals surface area contributed by atoms with E-state index in [2.05, 4.69) is 27.5 Å². The van der Waals surface area contributed by atoms with Crippen LogP contribution in [0.2, 0.25) is 0 Å². The molecule has 2 heterocycles. The molecule has 0 aliphatic heterocycles. The second-order valence-corrected chi connectivity index (χ2v) is 7.38. The molecule has 2 aromatic heterocycles. The zero-order chi connectivity index (χ0) is 18.8. The van der Waals surface area contributed by atoms with Crippen molar-refractivity contribution in [2.45, 2.75) is 33.1 Å². The van der Waals surface area contributed by atoms with E-state index in [0.717, 1.165) is 29.7 Å². The second kappa shape index (κ2) is 7.28. The van der Waals surface area contributed by atoms with Gasteiger partial charge in [0.25, 0.3) is 11.8 Å². The molecule has 1 atom stereocenters. The lowest BCUT2D eigenvalue weighted by molar-refractivity contribution is 0.0937. The van der Waals surface area contributed by atoms with Gasteiger partial charge in [-0.3, -0.25) is 14.9 Å². The summed E-state index contributed by atoms with van der Waals surface area (Å²) < 4.78 is 9.41. The number of rotatable bonds is 3. The van der Waals surface area contributed by atoms with Gasteiger partial charge in [0.05, 0.1) is 12.7 Å². The molecule has 0 fully saturated rings. The Labute approximate surface area is 153 Å². The molecule has 0 aromatic carbocycles. The summed E-state index contributed by atoms with van der Waals surface area (Å²) >= 11 is 1.36. The van der Waals surface area contributed by atoms with E-state index in [1.807, 2.05) is 0 Å². The van der Waals surface area contributed by atoms with E-state index < -0.39 is 17.9 Å². The lowest BCUT2D eigenvalue weighted by atomic mass is 9.88.